The van der Waals surface area contributed by atoms with Crippen molar-refractivity contribution in [3.8, 4) is 11.8 Å². The second kappa shape index (κ2) is 8.35. The maximum absolute atomic E-state index is 13.6. The quantitative estimate of drug-likeness (QED) is 0.698. The van der Waals surface area contributed by atoms with E-state index in [0.717, 1.165) is 5.56 Å². The molecule has 2 rings (SSSR count). The van der Waals surface area contributed by atoms with Gasteiger partial charge in [0.05, 0.1) is 12.1 Å². The molecule has 0 atom stereocenters. The van der Waals surface area contributed by atoms with Gasteiger partial charge in [0.25, 0.3) is 0 Å². The van der Waals surface area contributed by atoms with Gasteiger partial charge in [-0.15, -0.1) is 0 Å². The van der Waals surface area contributed by atoms with Crippen molar-refractivity contribution in [2.45, 2.75) is 6.61 Å². The van der Waals surface area contributed by atoms with Crippen LogP contribution in [0.5, 0.6) is 0 Å². The van der Waals surface area contributed by atoms with Crippen molar-refractivity contribution >= 4 is 12.4 Å². The Morgan fingerprint density at radius 2 is 1.96 bits per heavy atom. The van der Waals surface area contributed by atoms with E-state index in [4.69, 9.17) is 4.74 Å². The first kappa shape index (κ1) is 16.2. The molecule has 0 bridgehead atoms. The van der Waals surface area contributed by atoms with E-state index in [2.05, 4.69) is 17.2 Å². The minimum atomic E-state index is -0.618. The van der Waals surface area contributed by atoms with E-state index < -0.39 is 11.9 Å². The molecule has 0 fully saturated rings. The number of ether oxygens (including phenoxy) is 1. The highest BCUT2D eigenvalue weighted by atomic mass is 19.1. The zero-order valence-corrected chi connectivity index (χ0v) is 12.2. The summed E-state index contributed by atoms with van der Waals surface area (Å²) in [7, 11) is 0. The van der Waals surface area contributed by atoms with Crippen molar-refractivity contribution in [2.24, 2.45) is 0 Å². The molecule has 4 nitrogen and oxygen atoms in total. The van der Waals surface area contributed by atoms with Gasteiger partial charge in [0.2, 0.25) is 0 Å². The Bertz CT molecular complexity index is 748. The number of benzene rings is 2. The topological polar surface area (TPSA) is 55.4 Å². The van der Waals surface area contributed by atoms with Crippen LogP contribution in [0.25, 0.3) is 0 Å². The van der Waals surface area contributed by atoms with Gasteiger partial charge in [-0.25, -0.2) is 9.18 Å². The summed E-state index contributed by atoms with van der Waals surface area (Å²) in [6.45, 7) is 0.142. The Balaban J connectivity index is 1.84. The van der Waals surface area contributed by atoms with Gasteiger partial charge in [-0.1, -0.05) is 54.3 Å². The summed E-state index contributed by atoms with van der Waals surface area (Å²) in [4.78, 5) is 22.3. The average Bonchev–Trinajstić information content (AvgIpc) is 2.58. The lowest BCUT2D eigenvalue weighted by molar-refractivity contribution is 0.112. The normalized spacial score (nSPS) is 9.43. The fourth-order valence-electron chi connectivity index (χ4n) is 1.79. The van der Waals surface area contributed by atoms with Crippen LogP contribution < -0.4 is 5.32 Å². The molecule has 1 N–H and O–H groups in total. The average molecular weight is 311 g/mol. The van der Waals surface area contributed by atoms with Crippen LogP contribution in [-0.4, -0.2) is 18.9 Å². The van der Waals surface area contributed by atoms with Gasteiger partial charge < -0.3 is 10.1 Å². The van der Waals surface area contributed by atoms with Gasteiger partial charge in [-0.3, -0.25) is 4.79 Å². The molecule has 2 aromatic carbocycles. The SMILES string of the molecule is O=Cc1cccc(F)c1C#CCNC(=O)OCc1ccccc1. The number of amides is 1. The number of nitrogens with one attached hydrogen (secondary N) is 1. The van der Waals surface area contributed by atoms with Gasteiger partial charge in [0, 0.05) is 5.56 Å². The first-order chi connectivity index (χ1) is 11.2. The minimum absolute atomic E-state index is 0.0136. The predicted molar refractivity (Wildman–Crippen MR) is 83.3 cm³/mol. The van der Waals surface area contributed by atoms with Crippen LogP contribution in [0.15, 0.2) is 48.5 Å². The molecule has 0 heterocycles. The van der Waals surface area contributed by atoms with E-state index in [1.54, 1.807) is 0 Å². The zero-order valence-electron chi connectivity index (χ0n) is 12.2. The summed E-state index contributed by atoms with van der Waals surface area (Å²) in [5, 5.41) is 2.43. The number of alkyl carbamates (subject to hydrolysis) is 1. The second-order valence-electron chi connectivity index (χ2n) is 4.54. The third kappa shape index (κ3) is 4.97. The van der Waals surface area contributed by atoms with Crippen LogP contribution in [0, 0.1) is 17.7 Å². The van der Waals surface area contributed by atoms with Crippen LogP contribution >= 0.6 is 0 Å². The molecule has 0 aliphatic heterocycles. The minimum Gasteiger partial charge on any atom is -0.445 e. The largest absolute Gasteiger partial charge is 0.445 e. The molecule has 5 heteroatoms. The smallest absolute Gasteiger partial charge is 0.408 e. The molecular formula is C18H14FNO3. The van der Waals surface area contributed by atoms with Crippen LogP contribution in [0.4, 0.5) is 9.18 Å². The third-order valence-corrected chi connectivity index (χ3v) is 2.92. The molecule has 2 aromatic rings. The summed E-state index contributed by atoms with van der Waals surface area (Å²) in [5.41, 5.74) is 1.06. The van der Waals surface area contributed by atoms with Crippen molar-refractivity contribution in [3.63, 3.8) is 0 Å². The van der Waals surface area contributed by atoms with Gasteiger partial charge >= 0.3 is 6.09 Å². The molecule has 0 saturated heterocycles. The fourth-order valence-corrected chi connectivity index (χ4v) is 1.79. The second-order valence-corrected chi connectivity index (χ2v) is 4.54. The highest BCUT2D eigenvalue weighted by Gasteiger charge is 2.04. The van der Waals surface area contributed by atoms with E-state index in [-0.39, 0.29) is 24.3 Å². The lowest BCUT2D eigenvalue weighted by Gasteiger charge is -2.04. The van der Waals surface area contributed by atoms with Gasteiger partial charge in [-0.2, -0.15) is 0 Å². The fraction of sp³-hybridized carbons (Fsp3) is 0.111. The lowest BCUT2D eigenvalue weighted by Crippen LogP contribution is -2.24. The van der Waals surface area contributed by atoms with Crippen LogP contribution in [0.3, 0.4) is 0 Å². The molecule has 0 aliphatic rings. The van der Waals surface area contributed by atoms with Crippen LogP contribution in [-0.2, 0) is 11.3 Å². The van der Waals surface area contributed by atoms with E-state index in [0.29, 0.717) is 6.29 Å². The summed E-state index contributed by atoms with van der Waals surface area (Å²) >= 11 is 0. The maximum atomic E-state index is 13.6. The van der Waals surface area contributed by atoms with Crippen LogP contribution in [0.2, 0.25) is 0 Å². The summed E-state index contributed by atoms with van der Waals surface area (Å²) in [5.74, 6) is 4.55. The van der Waals surface area contributed by atoms with Gasteiger partial charge in [0.1, 0.15) is 12.4 Å². The Morgan fingerprint density at radius 1 is 1.17 bits per heavy atom. The molecule has 0 unspecified atom stereocenters. The lowest BCUT2D eigenvalue weighted by atomic mass is 10.1. The van der Waals surface area contributed by atoms with Crippen molar-refractivity contribution in [1.29, 1.82) is 0 Å². The summed E-state index contributed by atoms with van der Waals surface area (Å²) in [6, 6.07) is 13.4. The van der Waals surface area contributed by atoms with Crippen molar-refractivity contribution in [1.82, 2.24) is 5.32 Å². The number of rotatable bonds is 4. The van der Waals surface area contributed by atoms with Gasteiger partial charge in [0.15, 0.2) is 6.29 Å². The maximum Gasteiger partial charge on any atom is 0.408 e. The first-order valence-electron chi connectivity index (χ1n) is 6.88. The molecular weight excluding hydrogens is 297 g/mol. The number of hydrogen-bond acceptors (Lipinski definition) is 3. The van der Waals surface area contributed by atoms with Crippen molar-refractivity contribution in [2.75, 3.05) is 6.54 Å². The Kier molecular flexibility index (Phi) is 5.89. The van der Waals surface area contributed by atoms with Crippen molar-refractivity contribution < 1.29 is 18.7 Å². The molecule has 0 aromatic heterocycles. The molecule has 23 heavy (non-hydrogen) atoms. The molecule has 0 spiro atoms. The number of carbonyl (C=O) groups excluding carboxylic acids is 2. The van der Waals surface area contributed by atoms with Crippen molar-refractivity contribution in [3.05, 3.63) is 71.0 Å². The Labute approximate surface area is 133 Å². The highest BCUT2D eigenvalue weighted by molar-refractivity contribution is 5.79. The van der Waals surface area contributed by atoms with E-state index in [9.17, 15) is 14.0 Å². The van der Waals surface area contributed by atoms with E-state index in [1.807, 2.05) is 30.3 Å². The standard InChI is InChI=1S/C18H14FNO3/c19-17-10-4-8-15(12-21)16(17)9-5-11-20-18(22)23-13-14-6-2-1-3-7-14/h1-4,6-8,10,12H,11,13H2,(H,20,22). The summed E-state index contributed by atoms with van der Waals surface area (Å²) in [6.07, 6.45) is -0.0819. The zero-order chi connectivity index (χ0) is 16.5. The molecule has 0 saturated carbocycles. The molecule has 0 radical (unpaired) electrons. The predicted octanol–water partition coefficient (Wildman–Crippen LogP) is 2.92. The first-order valence-corrected chi connectivity index (χ1v) is 6.88. The molecule has 0 aliphatic carbocycles. The summed E-state index contributed by atoms with van der Waals surface area (Å²) < 4.78 is 18.6. The number of carbonyl (C=O) groups is 2. The van der Waals surface area contributed by atoms with Crippen LogP contribution in [0.1, 0.15) is 21.5 Å². The van der Waals surface area contributed by atoms with E-state index in [1.165, 1.54) is 18.2 Å². The Morgan fingerprint density at radius 3 is 2.70 bits per heavy atom. The number of halogens is 1. The highest BCUT2D eigenvalue weighted by Crippen LogP contribution is 2.09. The molecule has 1 amide bonds. The Hall–Kier alpha value is -3.13. The van der Waals surface area contributed by atoms with E-state index >= 15 is 0 Å². The van der Waals surface area contributed by atoms with Gasteiger partial charge in [-0.05, 0) is 11.6 Å². The number of hydrogen-bond donors (Lipinski definition) is 1. The molecule has 116 valence electrons. The third-order valence-electron chi connectivity index (χ3n) is 2.92. The number of aldehydes is 1. The monoisotopic (exact) mass is 311 g/mol.